The fourth-order valence-electron chi connectivity index (χ4n) is 6.76. The van der Waals surface area contributed by atoms with E-state index in [4.69, 9.17) is 0 Å². The molecule has 9 rings (SSSR count). The number of pyridine rings is 2. The van der Waals surface area contributed by atoms with Crippen molar-refractivity contribution in [2.24, 2.45) is 0 Å². The summed E-state index contributed by atoms with van der Waals surface area (Å²) in [6.45, 7) is 0. The molecule has 0 atom stereocenters. The molecule has 0 unspecified atom stereocenters. The average molecular weight is 616 g/mol. The Balaban J connectivity index is 1.44. The van der Waals surface area contributed by atoms with Gasteiger partial charge in [0.1, 0.15) is 0 Å². The largest absolute Gasteiger partial charge is 0.310 e. The first-order chi connectivity index (χ1) is 21.3. The number of halogens is 1. The minimum Gasteiger partial charge on any atom is -0.310 e. The smallest absolute Gasteiger partial charge is 0.0553 e. The van der Waals surface area contributed by atoms with E-state index in [9.17, 15) is 0 Å². The summed E-state index contributed by atoms with van der Waals surface area (Å²) in [6.07, 6.45) is 7.35. The molecule has 6 aromatic carbocycles. The summed E-state index contributed by atoms with van der Waals surface area (Å²) in [5, 5.41) is 10.1. The van der Waals surface area contributed by atoms with Gasteiger partial charge in [-0.1, -0.05) is 64.5 Å². The van der Waals surface area contributed by atoms with E-state index in [0.717, 1.165) is 27.2 Å². The van der Waals surface area contributed by atoms with Gasteiger partial charge in [0, 0.05) is 62.8 Å². The molecule has 9 aromatic rings. The van der Waals surface area contributed by atoms with Crippen LogP contribution in [0.25, 0.3) is 59.8 Å². The molecule has 0 radical (unpaired) electrons. The SMILES string of the molecule is Brc1ccc2ccc3c4c(ccc1c24)cc1c3c2cc(N(c3ccncc3)c3ccncc3)ccc2n1-c1ccccc1. The Morgan fingerprint density at radius 1 is 0.488 bits per heavy atom. The molecule has 0 aliphatic rings. The van der Waals surface area contributed by atoms with Gasteiger partial charge in [0.2, 0.25) is 0 Å². The molecular formula is C38H23BrN4. The van der Waals surface area contributed by atoms with E-state index in [1.165, 1.54) is 54.1 Å². The van der Waals surface area contributed by atoms with Gasteiger partial charge in [0.15, 0.2) is 0 Å². The van der Waals surface area contributed by atoms with E-state index in [2.05, 4.69) is 126 Å². The Morgan fingerprint density at radius 2 is 1.14 bits per heavy atom. The monoisotopic (exact) mass is 614 g/mol. The van der Waals surface area contributed by atoms with Crippen molar-refractivity contribution in [3.63, 3.8) is 0 Å². The van der Waals surface area contributed by atoms with Gasteiger partial charge in [-0.05, 0) is 99.0 Å². The summed E-state index contributed by atoms with van der Waals surface area (Å²) >= 11 is 3.82. The van der Waals surface area contributed by atoms with Crippen LogP contribution in [0.5, 0.6) is 0 Å². The van der Waals surface area contributed by atoms with Gasteiger partial charge in [0.25, 0.3) is 0 Å². The molecule has 43 heavy (non-hydrogen) atoms. The lowest BCUT2D eigenvalue weighted by Crippen LogP contribution is -2.09. The first-order valence-electron chi connectivity index (χ1n) is 14.3. The number of anilines is 3. The molecule has 0 amide bonds. The van der Waals surface area contributed by atoms with E-state index >= 15 is 0 Å². The number of hydrogen-bond donors (Lipinski definition) is 0. The quantitative estimate of drug-likeness (QED) is 0.185. The van der Waals surface area contributed by atoms with Crippen LogP contribution in [0.3, 0.4) is 0 Å². The van der Waals surface area contributed by atoms with E-state index in [-0.39, 0.29) is 0 Å². The third-order valence-corrected chi connectivity index (χ3v) is 9.25. The van der Waals surface area contributed by atoms with Gasteiger partial charge in [-0.3, -0.25) is 9.97 Å². The number of nitrogens with zero attached hydrogens (tertiary/aromatic N) is 4. The zero-order valence-electron chi connectivity index (χ0n) is 22.9. The molecule has 3 heterocycles. The maximum Gasteiger partial charge on any atom is 0.0553 e. The first kappa shape index (κ1) is 24.3. The molecule has 3 aromatic heterocycles. The van der Waals surface area contributed by atoms with Crippen molar-refractivity contribution in [1.82, 2.24) is 14.5 Å². The Kier molecular flexibility index (Phi) is 5.31. The summed E-state index contributed by atoms with van der Waals surface area (Å²) in [6, 6.07) is 41.5. The molecule has 202 valence electrons. The molecular weight excluding hydrogens is 592 g/mol. The van der Waals surface area contributed by atoms with Crippen molar-refractivity contribution in [3.05, 3.63) is 145 Å². The third kappa shape index (κ3) is 3.62. The highest BCUT2D eigenvalue weighted by molar-refractivity contribution is 9.10. The van der Waals surface area contributed by atoms with E-state index in [0.29, 0.717) is 0 Å². The predicted octanol–water partition coefficient (Wildman–Crippen LogP) is 10.7. The van der Waals surface area contributed by atoms with Crippen molar-refractivity contribution in [2.45, 2.75) is 0 Å². The zero-order chi connectivity index (χ0) is 28.5. The van der Waals surface area contributed by atoms with Crippen LogP contribution in [0.15, 0.2) is 145 Å². The van der Waals surface area contributed by atoms with Gasteiger partial charge < -0.3 is 9.47 Å². The van der Waals surface area contributed by atoms with Crippen LogP contribution in [0.1, 0.15) is 0 Å². The topological polar surface area (TPSA) is 34.0 Å². The fraction of sp³-hybridized carbons (Fsp3) is 0. The molecule has 0 N–H and O–H groups in total. The molecule has 0 bridgehead atoms. The van der Waals surface area contributed by atoms with Gasteiger partial charge in [-0.25, -0.2) is 0 Å². The summed E-state index contributed by atoms with van der Waals surface area (Å²) in [5.74, 6) is 0. The minimum atomic E-state index is 1.04. The summed E-state index contributed by atoms with van der Waals surface area (Å²) in [4.78, 5) is 10.8. The summed E-state index contributed by atoms with van der Waals surface area (Å²) in [5.41, 5.74) is 6.67. The molecule has 0 saturated carbocycles. The van der Waals surface area contributed by atoms with Gasteiger partial charge >= 0.3 is 0 Å². The highest BCUT2D eigenvalue weighted by atomic mass is 79.9. The van der Waals surface area contributed by atoms with Crippen LogP contribution in [-0.2, 0) is 0 Å². The van der Waals surface area contributed by atoms with Crippen LogP contribution in [0.2, 0.25) is 0 Å². The highest BCUT2D eigenvalue weighted by Crippen LogP contribution is 2.46. The lowest BCUT2D eigenvalue weighted by Gasteiger charge is -2.25. The first-order valence-corrected chi connectivity index (χ1v) is 15.1. The molecule has 0 saturated heterocycles. The molecule has 0 spiro atoms. The Morgan fingerprint density at radius 3 is 1.88 bits per heavy atom. The maximum atomic E-state index is 4.28. The van der Waals surface area contributed by atoms with Crippen LogP contribution in [0.4, 0.5) is 17.1 Å². The predicted molar refractivity (Wildman–Crippen MR) is 182 cm³/mol. The van der Waals surface area contributed by atoms with Crippen molar-refractivity contribution in [1.29, 1.82) is 0 Å². The molecule has 4 nitrogen and oxygen atoms in total. The van der Waals surface area contributed by atoms with Gasteiger partial charge in [0.05, 0.1) is 11.0 Å². The highest BCUT2D eigenvalue weighted by Gasteiger charge is 2.21. The van der Waals surface area contributed by atoms with Gasteiger partial charge in [-0.15, -0.1) is 0 Å². The zero-order valence-corrected chi connectivity index (χ0v) is 24.5. The van der Waals surface area contributed by atoms with Crippen molar-refractivity contribution >= 4 is 87.1 Å². The number of rotatable bonds is 4. The van der Waals surface area contributed by atoms with E-state index in [1.54, 1.807) is 0 Å². The van der Waals surface area contributed by atoms with Crippen LogP contribution >= 0.6 is 15.9 Å². The Bertz CT molecular complexity index is 2410. The number of aromatic nitrogens is 3. The third-order valence-electron chi connectivity index (χ3n) is 8.56. The Hall–Kier alpha value is -5.26. The van der Waals surface area contributed by atoms with Crippen molar-refractivity contribution < 1.29 is 0 Å². The van der Waals surface area contributed by atoms with E-state index < -0.39 is 0 Å². The van der Waals surface area contributed by atoms with Crippen LogP contribution < -0.4 is 4.90 Å². The molecule has 0 fully saturated rings. The normalized spacial score (nSPS) is 11.8. The lowest BCUT2D eigenvalue weighted by molar-refractivity contribution is 1.18. The second-order valence-corrected chi connectivity index (χ2v) is 11.7. The second-order valence-electron chi connectivity index (χ2n) is 10.9. The Labute approximate surface area is 255 Å². The summed E-state index contributed by atoms with van der Waals surface area (Å²) < 4.78 is 3.52. The second kappa shape index (κ2) is 9.38. The van der Waals surface area contributed by atoms with Crippen LogP contribution in [0, 0.1) is 0 Å². The van der Waals surface area contributed by atoms with Crippen LogP contribution in [-0.4, -0.2) is 14.5 Å². The molecule has 5 heteroatoms. The number of para-hydroxylation sites is 1. The average Bonchev–Trinajstić information content (AvgIpc) is 3.39. The fourth-order valence-corrected chi connectivity index (χ4v) is 7.22. The number of hydrogen-bond acceptors (Lipinski definition) is 3. The minimum absolute atomic E-state index is 1.04. The molecule has 0 aliphatic carbocycles. The summed E-state index contributed by atoms with van der Waals surface area (Å²) in [7, 11) is 0. The van der Waals surface area contributed by atoms with Crippen molar-refractivity contribution in [3.8, 4) is 5.69 Å². The molecule has 0 aliphatic heterocycles. The number of fused-ring (bicyclic) bond motifs is 4. The van der Waals surface area contributed by atoms with Crippen molar-refractivity contribution in [2.75, 3.05) is 4.90 Å². The number of benzene rings is 6. The van der Waals surface area contributed by atoms with E-state index in [1.807, 2.05) is 49.1 Å². The maximum absolute atomic E-state index is 4.28. The van der Waals surface area contributed by atoms with Gasteiger partial charge in [-0.2, -0.15) is 0 Å². The lowest BCUT2D eigenvalue weighted by atomic mass is 9.92. The standard InChI is InChI=1S/C38H23BrN4/c39-33-12-8-24-6-11-31-37-25(7-10-30(33)36(24)37)22-35-38(31)32-23-29(9-13-34(32)43(35)26-4-2-1-3-5-26)42(27-14-18-40-19-15-27)28-16-20-41-21-17-28/h1-23H.